The molecule has 0 rings (SSSR count). The Morgan fingerprint density at radius 1 is 1.27 bits per heavy atom. The van der Waals surface area contributed by atoms with Gasteiger partial charge in [-0.3, -0.25) is 0 Å². The summed E-state index contributed by atoms with van der Waals surface area (Å²) >= 11 is 0. The highest BCUT2D eigenvalue weighted by atomic mass is 16.4. The van der Waals surface area contributed by atoms with Crippen LogP contribution in [-0.4, -0.2) is 11.1 Å². The number of hydrogen-bond donors (Lipinski definition) is 1. The quantitative estimate of drug-likeness (QED) is 0.379. The fraction of sp³-hybridized carbons (Fsp3) is 0.667. The number of carbonyl (C=O) groups is 1. The smallest absolute Gasteiger partial charge is 0.346 e. The Bertz CT molecular complexity index is 251. The highest BCUT2D eigenvalue weighted by Crippen LogP contribution is 2.08. The molecule has 0 amide bonds. The summed E-state index contributed by atoms with van der Waals surface area (Å²) in [5, 5.41) is 17.0. The molecule has 15 heavy (non-hydrogen) atoms. The van der Waals surface area contributed by atoms with E-state index in [0.717, 1.165) is 12.8 Å². The summed E-state index contributed by atoms with van der Waals surface area (Å²) in [7, 11) is 0. The molecule has 3 heteroatoms. The maximum absolute atomic E-state index is 10.4. The van der Waals surface area contributed by atoms with Crippen molar-refractivity contribution in [2.24, 2.45) is 0 Å². The van der Waals surface area contributed by atoms with Crippen molar-refractivity contribution in [3.05, 3.63) is 11.6 Å². The van der Waals surface area contributed by atoms with Crippen LogP contribution in [0.2, 0.25) is 0 Å². The Balaban J connectivity index is 3.52. The van der Waals surface area contributed by atoms with E-state index in [0.29, 0.717) is 6.42 Å². The van der Waals surface area contributed by atoms with Gasteiger partial charge in [-0.15, -0.1) is 0 Å². The Kier molecular flexibility index (Phi) is 8.46. The largest absolute Gasteiger partial charge is 0.477 e. The van der Waals surface area contributed by atoms with Gasteiger partial charge in [-0.1, -0.05) is 45.1 Å². The molecule has 0 bridgehead atoms. The van der Waals surface area contributed by atoms with E-state index >= 15 is 0 Å². The van der Waals surface area contributed by atoms with E-state index in [-0.39, 0.29) is 5.57 Å². The zero-order valence-electron chi connectivity index (χ0n) is 9.33. The molecule has 0 aliphatic heterocycles. The summed E-state index contributed by atoms with van der Waals surface area (Å²) in [5.41, 5.74) is -0.136. The van der Waals surface area contributed by atoms with E-state index in [1.807, 2.05) is 0 Å². The lowest BCUT2D eigenvalue weighted by Crippen LogP contribution is -1.97. The molecule has 0 aromatic heterocycles. The van der Waals surface area contributed by atoms with Gasteiger partial charge in [-0.05, 0) is 12.8 Å². The van der Waals surface area contributed by atoms with Crippen LogP contribution in [0.1, 0.15) is 51.9 Å². The molecule has 0 aromatic carbocycles. The average Bonchev–Trinajstić information content (AvgIpc) is 2.21. The third-order valence-electron chi connectivity index (χ3n) is 2.26. The summed E-state index contributed by atoms with van der Waals surface area (Å²) in [6.45, 7) is 2.18. The SMILES string of the molecule is CCCCCCCC/C=C(\C#N)C(=O)O. The topological polar surface area (TPSA) is 61.1 Å². The Hall–Kier alpha value is -1.30. The molecule has 0 saturated heterocycles. The van der Waals surface area contributed by atoms with Crippen LogP contribution < -0.4 is 0 Å². The minimum Gasteiger partial charge on any atom is -0.477 e. The minimum absolute atomic E-state index is 0.136. The van der Waals surface area contributed by atoms with Crippen LogP contribution >= 0.6 is 0 Å². The first-order valence-electron chi connectivity index (χ1n) is 5.56. The van der Waals surface area contributed by atoms with Crippen molar-refractivity contribution in [2.75, 3.05) is 0 Å². The molecule has 0 aliphatic rings. The van der Waals surface area contributed by atoms with Gasteiger partial charge in [0, 0.05) is 0 Å². The summed E-state index contributed by atoms with van der Waals surface area (Å²) in [4.78, 5) is 10.4. The molecule has 0 spiro atoms. The van der Waals surface area contributed by atoms with Crippen molar-refractivity contribution in [2.45, 2.75) is 51.9 Å². The molecule has 0 aliphatic carbocycles. The predicted molar refractivity (Wildman–Crippen MR) is 59.3 cm³/mol. The van der Waals surface area contributed by atoms with Crippen molar-refractivity contribution >= 4 is 5.97 Å². The summed E-state index contributed by atoms with van der Waals surface area (Å²) in [6, 6.07) is 1.67. The highest BCUT2D eigenvalue weighted by Gasteiger charge is 2.03. The number of nitriles is 1. The Labute approximate surface area is 91.4 Å². The summed E-state index contributed by atoms with van der Waals surface area (Å²) in [6.07, 6.45) is 9.27. The van der Waals surface area contributed by atoms with Crippen molar-refractivity contribution in [1.82, 2.24) is 0 Å². The molecule has 0 heterocycles. The molecule has 0 aromatic rings. The lowest BCUT2D eigenvalue weighted by atomic mass is 10.1. The molecule has 0 fully saturated rings. The molecule has 0 saturated carbocycles. The monoisotopic (exact) mass is 209 g/mol. The van der Waals surface area contributed by atoms with Gasteiger partial charge in [-0.2, -0.15) is 5.26 Å². The maximum atomic E-state index is 10.4. The number of aliphatic carboxylic acids is 1. The number of unbranched alkanes of at least 4 members (excludes halogenated alkanes) is 6. The fourth-order valence-corrected chi connectivity index (χ4v) is 1.35. The first-order valence-corrected chi connectivity index (χ1v) is 5.56. The standard InChI is InChI=1S/C12H19NO2/c1-2-3-4-5-6-7-8-9-11(10-13)12(14)15/h9H,2-8H2,1H3,(H,14,15)/b11-9+. The van der Waals surface area contributed by atoms with Crippen LogP contribution in [0.4, 0.5) is 0 Å². The summed E-state index contributed by atoms with van der Waals surface area (Å²) in [5.74, 6) is -1.12. The first kappa shape index (κ1) is 13.7. The van der Waals surface area contributed by atoms with Gasteiger partial charge in [0.15, 0.2) is 0 Å². The lowest BCUT2D eigenvalue weighted by Gasteiger charge is -1.97. The molecule has 0 radical (unpaired) electrons. The van der Waals surface area contributed by atoms with Crippen molar-refractivity contribution in [3.63, 3.8) is 0 Å². The maximum Gasteiger partial charge on any atom is 0.346 e. The number of hydrogen-bond acceptors (Lipinski definition) is 2. The van der Waals surface area contributed by atoms with Crippen LogP contribution in [-0.2, 0) is 4.79 Å². The second-order valence-corrected chi connectivity index (χ2v) is 3.59. The number of carboxylic acids is 1. The van der Waals surface area contributed by atoms with Crippen molar-refractivity contribution in [3.8, 4) is 6.07 Å². The summed E-state index contributed by atoms with van der Waals surface area (Å²) < 4.78 is 0. The lowest BCUT2D eigenvalue weighted by molar-refractivity contribution is -0.132. The van der Waals surface area contributed by atoms with E-state index in [1.54, 1.807) is 6.07 Å². The van der Waals surface area contributed by atoms with Gasteiger partial charge in [-0.25, -0.2) is 4.79 Å². The molecule has 1 N–H and O–H groups in total. The number of rotatable bonds is 8. The van der Waals surface area contributed by atoms with Crippen molar-refractivity contribution in [1.29, 1.82) is 5.26 Å². The number of nitrogens with zero attached hydrogens (tertiary/aromatic N) is 1. The van der Waals surface area contributed by atoms with Crippen LogP contribution in [0.3, 0.4) is 0 Å². The minimum atomic E-state index is -1.12. The molecular formula is C12H19NO2. The Morgan fingerprint density at radius 2 is 1.87 bits per heavy atom. The predicted octanol–water partition coefficient (Wildman–Crippen LogP) is 3.27. The molecule has 3 nitrogen and oxygen atoms in total. The second-order valence-electron chi connectivity index (χ2n) is 3.59. The Morgan fingerprint density at radius 3 is 2.40 bits per heavy atom. The van der Waals surface area contributed by atoms with E-state index in [9.17, 15) is 4.79 Å². The second kappa shape index (κ2) is 9.26. The third kappa shape index (κ3) is 7.75. The van der Waals surface area contributed by atoms with E-state index in [1.165, 1.54) is 31.8 Å². The van der Waals surface area contributed by atoms with Gasteiger partial charge >= 0.3 is 5.97 Å². The van der Waals surface area contributed by atoms with Gasteiger partial charge < -0.3 is 5.11 Å². The van der Waals surface area contributed by atoms with Crippen LogP contribution in [0.15, 0.2) is 11.6 Å². The zero-order valence-corrected chi connectivity index (χ0v) is 9.33. The van der Waals surface area contributed by atoms with Crippen molar-refractivity contribution < 1.29 is 9.90 Å². The molecule has 0 unspecified atom stereocenters. The molecular weight excluding hydrogens is 190 g/mol. The highest BCUT2D eigenvalue weighted by molar-refractivity contribution is 5.90. The number of carboxylic acid groups (broad SMARTS) is 1. The third-order valence-corrected chi connectivity index (χ3v) is 2.26. The zero-order chi connectivity index (χ0) is 11.5. The number of allylic oxidation sites excluding steroid dienone is 1. The normalized spacial score (nSPS) is 11.1. The molecule has 0 atom stereocenters. The van der Waals surface area contributed by atoms with Gasteiger partial charge in [0.1, 0.15) is 11.6 Å². The average molecular weight is 209 g/mol. The van der Waals surface area contributed by atoms with Gasteiger partial charge in [0.05, 0.1) is 0 Å². The van der Waals surface area contributed by atoms with Gasteiger partial charge in [0.25, 0.3) is 0 Å². The first-order chi connectivity index (χ1) is 7.22. The van der Waals surface area contributed by atoms with E-state index < -0.39 is 5.97 Å². The van der Waals surface area contributed by atoms with Gasteiger partial charge in [0.2, 0.25) is 0 Å². The molecule has 84 valence electrons. The van der Waals surface area contributed by atoms with E-state index in [4.69, 9.17) is 10.4 Å². The van der Waals surface area contributed by atoms with Crippen LogP contribution in [0.5, 0.6) is 0 Å². The fourth-order valence-electron chi connectivity index (χ4n) is 1.35. The van der Waals surface area contributed by atoms with Crippen LogP contribution in [0, 0.1) is 11.3 Å². The van der Waals surface area contributed by atoms with Crippen LogP contribution in [0.25, 0.3) is 0 Å². The van der Waals surface area contributed by atoms with E-state index in [2.05, 4.69) is 6.92 Å².